The number of aromatic carboxylic acids is 1. The zero-order chi connectivity index (χ0) is 16.8. The van der Waals surface area contributed by atoms with Crippen molar-refractivity contribution in [2.75, 3.05) is 40.0 Å². The van der Waals surface area contributed by atoms with E-state index in [1.807, 2.05) is 0 Å². The third-order valence-electron chi connectivity index (χ3n) is 3.93. The Labute approximate surface area is 136 Å². The molecule has 23 heavy (non-hydrogen) atoms. The summed E-state index contributed by atoms with van der Waals surface area (Å²) < 4.78 is 10.4. The molecule has 1 heterocycles. The predicted molar refractivity (Wildman–Crippen MR) is 84.8 cm³/mol. The van der Waals surface area contributed by atoms with Crippen molar-refractivity contribution >= 4 is 11.9 Å². The first kappa shape index (κ1) is 17.4. The van der Waals surface area contributed by atoms with Crippen molar-refractivity contribution in [3.8, 4) is 0 Å². The van der Waals surface area contributed by atoms with Gasteiger partial charge in [-0.3, -0.25) is 4.79 Å². The van der Waals surface area contributed by atoms with Gasteiger partial charge >= 0.3 is 5.97 Å². The van der Waals surface area contributed by atoms with E-state index in [4.69, 9.17) is 14.6 Å². The summed E-state index contributed by atoms with van der Waals surface area (Å²) in [4.78, 5) is 25.5. The number of amides is 1. The first-order valence-corrected chi connectivity index (χ1v) is 7.72. The van der Waals surface area contributed by atoms with Crippen LogP contribution in [0.4, 0.5) is 0 Å². The highest BCUT2D eigenvalue weighted by molar-refractivity contribution is 5.98. The van der Waals surface area contributed by atoms with Gasteiger partial charge in [0.05, 0.1) is 25.4 Å². The molecule has 6 nitrogen and oxygen atoms in total. The Kier molecular flexibility index (Phi) is 6.12. The third kappa shape index (κ3) is 4.77. The lowest BCUT2D eigenvalue weighted by atomic mass is 10.1. The van der Waals surface area contributed by atoms with Crippen molar-refractivity contribution in [2.45, 2.75) is 13.3 Å². The van der Waals surface area contributed by atoms with E-state index in [2.05, 4.69) is 0 Å². The molecule has 1 atom stereocenters. The van der Waals surface area contributed by atoms with Crippen LogP contribution in [0.3, 0.4) is 0 Å². The summed E-state index contributed by atoms with van der Waals surface area (Å²) in [5, 5.41) is 9.11. The Morgan fingerprint density at radius 2 is 2.00 bits per heavy atom. The fourth-order valence-corrected chi connectivity index (χ4v) is 2.76. The summed E-state index contributed by atoms with van der Waals surface area (Å²) in [6.07, 6.45) is 0.899. The molecule has 126 valence electrons. The average molecular weight is 321 g/mol. The van der Waals surface area contributed by atoms with E-state index in [1.165, 1.54) is 6.07 Å². The Morgan fingerprint density at radius 1 is 1.26 bits per heavy atom. The number of carboxylic acids is 1. The van der Waals surface area contributed by atoms with Gasteiger partial charge in [-0.2, -0.15) is 0 Å². The molecule has 1 aliphatic heterocycles. The molecule has 1 fully saturated rings. The number of methoxy groups -OCH3 is 1. The van der Waals surface area contributed by atoms with Crippen LogP contribution in [0.5, 0.6) is 0 Å². The molecular weight excluding hydrogens is 298 g/mol. The van der Waals surface area contributed by atoms with Crippen LogP contribution in [0, 0.1) is 12.8 Å². The van der Waals surface area contributed by atoms with Crippen molar-refractivity contribution in [2.24, 2.45) is 5.92 Å². The van der Waals surface area contributed by atoms with Gasteiger partial charge in [0.25, 0.3) is 5.91 Å². The first-order valence-electron chi connectivity index (χ1n) is 7.72. The molecule has 1 N–H and O–H groups in total. The molecule has 1 saturated heterocycles. The molecule has 0 aromatic heterocycles. The number of likely N-dealkylation sites (tertiary alicyclic amines) is 1. The largest absolute Gasteiger partial charge is 0.478 e. The molecule has 1 amide bonds. The van der Waals surface area contributed by atoms with Gasteiger partial charge in [0.2, 0.25) is 0 Å². The van der Waals surface area contributed by atoms with Crippen molar-refractivity contribution in [3.63, 3.8) is 0 Å². The highest BCUT2D eigenvalue weighted by atomic mass is 16.5. The normalized spacial score (nSPS) is 17.5. The van der Waals surface area contributed by atoms with E-state index >= 15 is 0 Å². The smallest absolute Gasteiger partial charge is 0.335 e. The number of aryl methyl sites for hydroxylation is 1. The summed E-state index contributed by atoms with van der Waals surface area (Å²) in [7, 11) is 1.63. The fraction of sp³-hybridized carbons (Fsp3) is 0.529. The molecular formula is C17H23NO5. The van der Waals surface area contributed by atoms with Gasteiger partial charge in [-0.05, 0) is 37.1 Å². The van der Waals surface area contributed by atoms with Crippen molar-refractivity contribution in [3.05, 3.63) is 34.9 Å². The lowest BCUT2D eigenvalue weighted by molar-refractivity contribution is 0.0515. The number of hydrogen-bond acceptors (Lipinski definition) is 4. The minimum atomic E-state index is -1.02. The Hall–Kier alpha value is -1.92. The van der Waals surface area contributed by atoms with Crippen LogP contribution in [-0.2, 0) is 9.47 Å². The van der Waals surface area contributed by atoms with Gasteiger partial charge < -0.3 is 19.5 Å². The number of benzene rings is 1. The Morgan fingerprint density at radius 3 is 2.70 bits per heavy atom. The summed E-state index contributed by atoms with van der Waals surface area (Å²) in [6.45, 7) is 4.84. The maximum Gasteiger partial charge on any atom is 0.335 e. The maximum atomic E-state index is 12.6. The number of rotatable bonds is 7. The summed E-state index contributed by atoms with van der Waals surface area (Å²) in [5.74, 6) is -0.816. The molecule has 0 aliphatic carbocycles. The lowest BCUT2D eigenvalue weighted by Gasteiger charge is -2.17. The molecule has 0 saturated carbocycles. The second-order valence-electron chi connectivity index (χ2n) is 5.87. The minimum absolute atomic E-state index is 0.115. The predicted octanol–water partition coefficient (Wildman–Crippen LogP) is 1.82. The highest BCUT2D eigenvalue weighted by Crippen LogP contribution is 2.20. The van der Waals surface area contributed by atoms with E-state index in [1.54, 1.807) is 31.1 Å². The van der Waals surface area contributed by atoms with Gasteiger partial charge in [-0.25, -0.2) is 4.79 Å². The molecule has 2 rings (SSSR count). The quantitative estimate of drug-likeness (QED) is 0.775. The summed E-state index contributed by atoms with van der Waals surface area (Å²) in [5.41, 5.74) is 1.35. The zero-order valence-electron chi connectivity index (χ0n) is 13.6. The zero-order valence-corrected chi connectivity index (χ0v) is 13.6. The number of carboxylic acid groups (broad SMARTS) is 1. The first-order chi connectivity index (χ1) is 11.0. The van der Waals surface area contributed by atoms with E-state index in [0.717, 1.165) is 12.0 Å². The van der Waals surface area contributed by atoms with E-state index in [0.29, 0.717) is 44.4 Å². The number of carbonyl (C=O) groups excluding carboxylic acids is 1. The number of hydrogen-bond donors (Lipinski definition) is 1. The molecule has 1 aliphatic rings. The van der Waals surface area contributed by atoms with E-state index in [-0.39, 0.29) is 11.5 Å². The van der Waals surface area contributed by atoms with Crippen molar-refractivity contribution in [1.82, 2.24) is 4.90 Å². The van der Waals surface area contributed by atoms with Crippen LogP contribution in [-0.4, -0.2) is 61.9 Å². The summed E-state index contributed by atoms with van der Waals surface area (Å²) in [6, 6.07) is 4.74. The van der Waals surface area contributed by atoms with Crippen LogP contribution >= 0.6 is 0 Å². The van der Waals surface area contributed by atoms with Crippen molar-refractivity contribution in [1.29, 1.82) is 0 Å². The van der Waals surface area contributed by atoms with Gasteiger partial charge in [0.15, 0.2) is 0 Å². The number of ether oxygens (including phenoxy) is 2. The van der Waals surface area contributed by atoms with Crippen molar-refractivity contribution < 1.29 is 24.2 Å². The molecule has 0 radical (unpaired) electrons. The highest BCUT2D eigenvalue weighted by Gasteiger charge is 2.27. The van der Waals surface area contributed by atoms with Crippen LogP contribution in [0.25, 0.3) is 0 Å². The minimum Gasteiger partial charge on any atom is -0.478 e. The second-order valence-corrected chi connectivity index (χ2v) is 5.87. The molecule has 1 aromatic rings. The molecule has 0 spiro atoms. The molecule has 1 aromatic carbocycles. The SMILES string of the molecule is COCCOCC1CCN(C(=O)c2cc(C)cc(C(=O)O)c2)C1. The van der Waals surface area contributed by atoms with Crippen LogP contribution in [0.15, 0.2) is 18.2 Å². The van der Waals surface area contributed by atoms with Crippen LogP contribution in [0.1, 0.15) is 32.7 Å². The number of nitrogens with zero attached hydrogens (tertiary/aromatic N) is 1. The monoisotopic (exact) mass is 321 g/mol. The third-order valence-corrected chi connectivity index (χ3v) is 3.93. The van der Waals surface area contributed by atoms with E-state index < -0.39 is 5.97 Å². The standard InChI is InChI=1S/C17H23NO5/c1-12-7-14(9-15(8-12)17(20)21)16(19)18-4-3-13(10-18)11-23-6-5-22-2/h7-9,13H,3-6,10-11H2,1-2H3,(H,20,21). The Balaban J connectivity index is 1.95. The van der Waals surface area contributed by atoms with E-state index in [9.17, 15) is 9.59 Å². The summed E-state index contributed by atoms with van der Waals surface area (Å²) >= 11 is 0. The van der Waals surface area contributed by atoms with Gasteiger partial charge in [0, 0.05) is 31.7 Å². The lowest BCUT2D eigenvalue weighted by Crippen LogP contribution is -2.29. The van der Waals surface area contributed by atoms with Gasteiger partial charge in [-0.15, -0.1) is 0 Å². The number of carbonyl (C=O) groups is 2. The topological polar surface area (TPSA) is 76.1 Å². The Bertz CT molecular complexity index is 572. The maximum absolute atomic E-state index is 12.6. The van der Waals surface area contributed by atoms with Gasteiger partial charge in [0.1, 0.15) is 0 Å². The van der Waals surface area contributed by atoms with Gasteiger partial charge in [-0.1, -0.05) is 0 Å². The second kappa shape index (κ2) is 8.08. The molecule has 1 unspecified atom stereocenters. The molecule has 0 bridgehead atoms. The molecule has 6 heteroatoms. The fourth-order valence-electron chi connectivity index (χ4n) is 2.76. The van der Waals surface area contributed by atoms with Crippen LogP contribution in [0.2, 0.25) is 0 Å². The van der Waals surface area contributed by atoms with Crippen LogP contribution < -0.4 is 0 Å². The average Bonchev–Trinajstić information content (AvgIpc) is 2.99.